The SMILES string of the molecule is c1ccc(-c2cc(-c3ccccc3)nc(-c3cccc(N4c5ccccc5-c5cc(-c6ccccc6)cc6ncnc4c56)c3)c2)cc1.c1ccc(-c2cc(-c3ccccc3)nc(-c3cccc(N4c5ccccc5-c5nc(-c6ccccc6)nc6cccc4c56)c3)c2)cc1.c1ccc(-c2cc(-c3ccccc3)nc(-c3cccc(N4c5cncnc5-c5cc(-c6ccccc6)cc6cccc4c56)c3)c2)cc1. The highest BCUT2D eigenvalue weighted by Crippen LogP contribution is 2.56. The molecule has 27 rings (SSSR count). The van der Waals surface area contributed by atoms with E-state index in [1.54, 1.807) is 12.7 Å². The second kappa shape index (κ2) is 36.6. The molecule has 0 atom stereocenters. The molecule has 3 aliphatic rings. The van der Waals surface area contributed by atoms with Gasteiger partial charge in [0.15, 0.2) is 5.82 Å². The maximum absolute atomic E-state index is 5.20. The number of benzene rings is 18. The van der Waals surface area contributed by atoms with Crippen molar-refractivity contribution in [2.45, 2.75) is 0 Å². The summed E-state index contributed by atoms with van der Waals surface area (Å²) in [5, 5.41) is 4.45. The third-order valence-corrected chi connectivity index (χ3v) is 26.5. The molecule has 0 unspecified atom stereocenters. The van der Waals surface area contributed by atoms with Gasteiger partial charge in [-0.25, -0.2) is 44.9 Å². The Morgan fingerprint density at radius 3 is 1.00 bits per heavy atom. The topological polar surface area (TPSA) is 126 Å². The van der Waals surface area contributed by atoms with Gasteiger partial charge in [0.2, 0.25) is 0 Å². The largest absolute Gasteiger partial charge is 0.309 e. The number of hydrogen-bond acceptors (Lipinski definition) is 12. The van der Waals surface area contributed by atoms with Gasteiger partial charge in [-0.3, -0.25) is 4.90 Å². The van der Waals surface area contributed by atoms with Crippen LogP contribution in [0.3, 0.4) is 0 Å². The molecule has 12 heteroatoms. The molecule has 24 aromatic rings. The van der Waals surface area contributed by atoms with Crippen LogP contribution < -0.4 is 14.7 Å². The number of nitrogens with zero attached hydrogens (tertiary/aromatic N) is 12. The van der Waals surface area contributed by atoms with Crippen molar-refractivity contribution in [1.82, 2.24) is 44.9 Å². The molecule has 0 fully saturated rings. The minimum atomic E-state index is 0.731. The highest BCUT2D eigenvalue weighted by molar-refractivity contribution is 6.17. The van der Waals surface area contributed by atoms with Crippen molar-refractivity contribution >= 4 is 83.9 Å². The van der Waals surface area contributed by atoms with Crippen LogP contribution in [0.25, 0.3) is 201 Å². The van der Waals surface area contributed by atoms with Crippen molar-refractivity contribution in [2.75, 3.05) is 14.7 Å². The van der Waals surface area contributed by atoms with Crippen LogP contribution in [0.15, 0.2) is 510 Å². The molecule has 660 valence electrons. The maximum atomic E-state index is 5.20. The van der Waals surface area contributed by atoms with Crippen LogP contribution in [0.2, 0.25) is 0 Å². The average Bonchev–Trinajstić information content (AvgIpc) is 0.728. The third kappa shape index (κ3) is 16.1. The van der Waals surface area contributed by atoms with E-state index in [4.69, 9.17) is 39.9 Å². The van der Waals surface area contributed by atoms with Gasteiger partial charge >= 0.3 is 0 Å². The van der Waals surface area contributed by atoms with Gasteiger partial charge in [0.25, 0.3) is 0 Å². The smallest absolute Gasteiger partial charge is 0.160 e. The van der Waals surface area contributed by atoms with Crippen molar-refractivity contribution in [3.63, 3.8) is 0 Å². The highest BCUT2D eigenvalue weighted by Gasteiger charge is 2.33. The molecule has 0 saturated heterocycles. The molecular weight excluding hydrogens is 1720 g/mol. The molecular formula is C129H84N12. The van der Waals surface area contributed by atoms with Crippen molar-refractivity contribution in [1.29, 1.82) is 0 Å². The molecule has 0 bridgehead atoms. The molecule has 9 heterocycles. The maximum Gasteiger partial charge on any atom is 0.160 e. The van der Waals surface area contributed by atoms with Crippen LogP contribution in [0.5, 0.6) is 0 Å². The number of rotatable bonds is 15. The molecule has 0 amide bonds. The standard InChI is InChI=1S/3C43H28N4/c1-4-12-29(13-5-1)34-22-33-19-11-21-40-42(33)37(24-34)43-41(27-44-28-45-43)47(40)36-20-10-18-32(23-36)39-26-35(30-14-6-2-7-15-30)25-38(46-39)31-16-8-3-9-17-31;1-4-14-29(15-5-1)33-27-37(30-16-6-2-7-17-30)44-38(28-33)32-20-12-21-34(26-32)47-39-24-11-10-22-35(39)42-41-36(23-13-25-40(41)47)45-43(46-42)31-18-8-3-9-19-31;1-4-13-29(14-5-1)33-24-37-36-21-10-11-22-41(36)47(43-42(37)40(27-33)44-28-45-43)35-20-12-19-32(23-35)39-26-34(30-15-6-2-7-16-30)25-38(46-39)31-17-8-3-9-18-31/h3*1-28H. The lowest BCUT2D eigenvalue weighted by Gasteiger charge is -2.33. The van der Waals surface area contributed by atoms with Crippen LogP contribution in [0, 0.1) is 0 Å². The van der Waals surface area contributed by atoms with Gasteiger partial charge in [-0.2, -0.15) is 0 Å². The summed E-state index contributed by atoms with van der Waals surface area (Å²) in [5.74, 6) is 1.60. The Kier molecular flexibility index (Phi) is 21.7. The Bertz CT molecular complexity index is 7860. The van der Waals surface area contributed by atoms with Crippen molar-refractivity contribution in [2.24, 2.45) is 0 Å². The van der Waals surface area contributed by atoms with E-state index in [0.29, 0.717) is 0 Å². The number of anilines is 9. The highest BCUT2D eigenvalue weighted by atomic mass is 15.2. The van der Waals surface area contributed by atoms with E-state index in [2.05, 4.69) is 463 Å². The number of aromatic nitrogens is 9. The first-order valence-electron chi connectivity index (χ1n) is 47.3. The zero-order valence-corrected chi connectivity index (χ0v) is 76.4. The zero-order valence-electron chi connectivity index (χ0n) is 76.4. The first-order chi connectivity index (χ1) is 69.9. The summed E-state index contributed by atoms with van der Waals surface area (Å²) in [5.41, 5.74) is 41.1. The zero-order chi connectivity index (χ0) is 93.5. The fraction of sp³-hybridized carbons (Fsp3) is 0. The minimum Gasteiger partial charge on any atom is -0.309 e. The number of fused-ring (bicyclic) bond motifs is 6. The van der Waals surface area contributed by atoms with E-state index in [1.807, 2.05) is 54.7 Å². The minimum absolute atomic E-state index is 0.731. The molecule has 0 N–H and O–H groups in total. The normalized spacial score (nSPS) is 11.8. The summed E-state index contributed by atoms with van der Waals surface area (Å²) in [6.07, 6.45) is 5.25. The molecule has 0 radical (unpaired) electrons. The molecule has 141 heavy (non-hydrogen) atoms. The van der Waals surface area contributed by atoms with Gasteiger partial charge in [0.05, 0.1) is 102 Å². The molecule has 3 aliphatic heterocycles. The molecule has 18 aromatic carbocycles. The molecule has 12 nitrogen and oxygen atoms in total. The first kappa shape index (κ1) is 83.6. The Morgan fingerprint density at radius 2 is 0.525 bits per heavy atom. The van der Waals surface area contributed by atoms with Crippen molar-refractivity contribution < 1.29 is 0 Å². The summed E-state index contributed by atoms with van der Waals surface area (Å²) in [6.45, 7) is 0. The lowest BCUT2D eigenvalue weighted by molar-refractivity contribution is 1.13. The fourth-order valence-corrected chi connectivity index (χ4v) is 20.0. The summed E-state index contributed by atoms with van der Waals surface area (Å²) in [6, 6.07) is 172. The van der Waals surface area contributed by atoms with Gasteiger partial charge in [0, 0.05) is 78.1 Å². The van der Waals surface area contributed by atoms with Crippen molar-refractivity contribution in [3.05, 3.63) is 510 Å². The monoisotopic (exact) mass is 1800 g/mol. The van der Waals surface area contributed by atoms with Crippen molar-refractivity contribution in [3.8, 4) is 168 Å². The third-order valence-electron chi connectivity index (χ3n) is 26.5. The van der Waals surface area contributed by atoms with E-state index in [-0.39, 0.29) is 0 Å². The van der Waals surface area contributed by atoms with E-state index in [0.717, 1.165) is 225 Å². The average molecular weight is 1800 g/mol. The Morgan fingerprint density at radius 1 is 0.170 bits per heavy atom. The number of pyridine rings is 3. The van der Waals surface area contributed by atoms with Gasteiger partial charge < -0.3 is 9.80 Å². The molecule has 0 aliphatic carbocycles. The summed E-state index contributed by atoms with van der Waals surface area (Å²) >= 11 is 0. The van der Waals surface area contributed by atoms with Gasteiger partial charge in [-0.1, -0.05) is 364 Å². The second-order valence-corrected chi connectivity index (χ2v) is 35.2. The molecule has 0 spiro atoms. The van der Waals surface area contributed by atoms with Crippen LogP contribution in [0.4, 0.5) is 51.3 Å². The first-order valence-corrected chi connectivity index (χ1v) is 47.3. The quantitative estimate of drug-likeness (QED) is 0.0970. The number of hydrogen-bond donors (Lipinski definition) is 0. The predicted octanol–water partition coefficient (Wildman–Crippen LogP) is 33.4. The van der Waals surface area contributed by atoms with Crippen LogP contribution in [-0.4, -0.2) is 44.9 Å². The van der Waals surface area contributed by atoms with Gasteiger partial charge in [0.1, 0.15) is 18.5 Å². The van der Waals surface area contributed by atoms with Gasteiger partial charge in [-0.05, 0) is 194 Å². The number of para-hydroxylation sites is 2. The van der Waals surface area contributed by atoms with Crippen LogP contribution in [0.1, 0.15) is 0 Å². The van der Waals surface area contributed by atoms with E-state index < -0.39 is 0 Å². The Labute approximate surface area is 816 Å². The molecule has 6 aromatic heterocycles. The second-order valence-electron chi connectivity index (χ2n) is 35.2. The fourth-order valence-electron chi connectivity index (χ4n) is 20.0. The lowest BCUT2D eigenvalue weighted by Crippen LogP contribution is -2.17. The summed E-state index contributed by atoms with van der Waals surface area (Å²) in [7, 11) is 0. The summed E-state index contributed by atoms with van der Waals surface area (Å²) in [4.78, 5) is 51.7. The molecule has 0 saturated carbocycles. The Hall–Kier alpha value is -19.2. The van der Waals surface area contributed by atoms with E-state index >= 15 is 0 Å². The van der Waals surface area contributed by atoms with Crippen LogP contribution >= 0.6 is 0 Å². The lowest BCUT2D eigenvalue weighted by atomic mass is 9.90. The van der Waals surface area contributed by atoms with Gasteiger partial charge in [-0.15, -0.1) is 0 Å². The van der Waals surface area contributed by atoms with Crippen LogP contribution in [-0.2, 0) is 0 Å². The van der Waals surface area contributed by atoms with E-state index in [1.165, 1.54) is 27.5 Å². The Balaban J connectivity index is 0.000000111. The van der Waals surface area contributed by atoms with E-state index in [9.17, 15) is 0 Å². The summed E-state index contributed by atoms with van der Waals surface area (Å²) < 4.78 is 0. The predicted molar refractivity (Wildman–Crippen MR) is 578 cm³/mol.